The maximum atomic E-state index is 4.03. The average molecular weight is 578 g/mol. The van der Waals surface area contributed by atoms with Gasteiger partial charge >= 0.3 is 0 Å². The fraction of sp³-hybridized carbons (Fsp3) is 0.256. The number of allylic oxidation sites excluding steroid dienone is 12. The molecule has 0 aromatic heterocycles. The monoisotopic (exact) mass is 577 g/mol. The van der Waals surface area contributed by atoms with Crippen LogP contribution in [-0.2, 0) is 5.41 Å². The molecule has 3 aromatic rings. The van der Waals surface area contributed by atoms with Gasteiger partial charge < -0.3 is 4.90 Å². The highest BCUT2D eigenvalue weighted by Crippen LogP contribution is 2.50. The standard InChI is InChI=1S/C40H41N.C3H6/c1-6-11-33(7-2)41(35-23-25-37-36-24-14-28(3)26-38(36)40(4,5)39(37)27-35)34-21-19-32(20-22-34)31-17-15-30(16-18-31)29-12-9-8-10-13-29;1-3-2/h6,9,11-17,19-27,31H,1,7-8,10,18H2,2-5H3;3H,1H2,2H3/b33-11+;. The molecule has 0 amide bonds. The van der Waals surface area contributed by atoms with Crippen molar-refractivity contribution < 1.29 is 0 Å². The minimum absolute atomic E-state index is 0.0418. The SMILES string of the molecule is C=C/C=C(\CC)N(c1ccc(C2C=CC(C3=CCCC=C3)=CC2)cc1)c1ccc2c(c1)C(C)(C)c1cc(C)ccc1-2.C=CC. The van der Waals surface area contributed by atoms with Gasteiger partial charge in [0.25, 0.3) is 0 Å². The van der Waals surface area contributed by atoms with Crippen LogP contribution in [0.3, 0.4) is 0 Å². The van der Waals surface area contributed by atoms with Gasteiger partial charge in [-0.05, 0) is 109 Å². The number of fused-ring (bicyclic) bond motifs is 3. The zero-order chi connectivity index (χ0) is 31.3. The van der Waals surface area contributed by atoms with Crippen molar-refractivity contribution in [1.82, 2.24) is 0 Å². The summed E-state index contributed by atoms with van der Waals surface area (Å²) in [4.78, 5) is 2.41. The Labute approximate surface area is 266 Å². The van der Waals surface area contributed by atoms with Crippen molar-refractivity contribution in [3.05, 3.63) is 168 Å². The Morgan fingerprint density at radius 2 is 1.52 bits per heavy atom. The molecule has 224 valence electrons. The van der Waals surface area contributed by atoms with Crippen LogP contribution in [0.2, 0.25) is 0 Å². The molecule has 1 unspecified atom stereocenters. The van der Waals surface area contributed by atoms with Crippen LogP contribution in [0.1, 0.15) is 81.5 Å². The topological polar surface area (TPSA) is 3.24 Å². The molecule has 0 aliphatic heterocycles. The molecular weight excluding hydrogens is 530 g/mol. The van der Waals surface area contributed by atoms with Crippen LogP contribution in [-0.4, -0.2) is 0 Å². The zero-order valence-corrected chi connectivity index (χ0v) is 27.2. The lowest BCUT2D eigenvalue weighted by Crippen LogP contribution is -2.19. The van der Waals surface area contributed by atoms with Crippen molar-refractivity contribution in [2.75, 3.05) is 4.90 Å². The van der Waals surface area contributed by atoms with Gasteiger partial charge in [0.05, 0.1) is 0 Å². The van der Waals surface area contributed by atoms with Crippen molar-refractivity contribution in [1.29, 1.82) is 0 Å². The maximum Gasteiger partial charge on any atom is 0.0461 e. The van der Waals surface area contributed by atoms with Gasteiger partial charge in [-0.3, -0.25) is 0 Å². The quantitative estimate of drug-likeness (QED) is 0.199. The lowest BCUT2D eigenvalue weighted by molar-refractivity contribution is 0.659. The minimum atomic E-state index is -0.0418. The lowest BCUT2D eigenvalue weighted by atomic mass is 9.82. The molecule has 1 heteroatoms. The number of anilines is 2. The number of nitrogens with zero attached hydrogens (tertiary/aromatic N) is 1. The first kappa shape index (κ1) is 31.1. The fourth-order valence-corrected chi connectivity index (χ4v) is 6.73. The number of aryl methyl sites for hydroxylation is 1. The van der Waals surface area contributed by atoms with Crippen LogP contribution in [0.5, 0.6) is 0 Å². The van der Waals surface area contributed by atoms with E-state index >= 15 is 0 Å². The van der Waals surface area contributed by atoms with Crippen molar-refractivity contribution >= 4 is 11.4 Å². The lowest BCUT2D eigenvalue weighted by Gasteiger charge is -2.30. The molecule has 0 heterocycles. The van der Waals surface area contributed by atoms with Crippen LogP contribution in [0.25, 0.3) is 11.1 Å². The van der Waals surface area contributed by atoms with E-state index in [0.717, 1.165) is 25.7 Å². The molecule has 3 aliphatic carbocycles. The Morgan fingerprint density at radius 1 is 0.864 bits per heavy atom. The Balaban J connectivity index is 0.00000123. The fourth-order valence-electron chi connectivity index (χ4n) is 6.73. The smallest absolute Gasteiger partial charge is 0.0461 e. The highest BCUT2D eigenvalue weighted by molar-refractivity contribution is 5.84. The van der Waals surface area contributed by atoms with E-state index in [-0.39, 0.29) is 5.41 Å². The molecule has 6 rings (SSSR count). The van der Waals surface area contributed by atoms with E-state index in [2.05, 4.69) is 149 Å². The van der Waals surface area contributed by atoms with Gasteiger partial charge in [0, 0.05) is 28.4 Å². The molecule has 1 atom stereocenters. The van der Waals surface area contributed by atoms with Crippen LogP contribution in [0, 0.1) is 6.92 Å². The Morgan fingerprint density at radius 3 is 2.14 bits per heavy atom. The first-order valence-electron chi connectivity index (χ1n) is 16.1. The predicted octanol–water partition coefficient (Wildman–Crippen LogP) is 12.4. The summed E-state index contributed by atoms with van der Waals surface area (Å²) in [6, 6.07) is 23.1. The third-order valence-electron chi connectivity index (χ3n) is 9.04. The minimum Gasteiger partial charge on any atom is -0.314 e. The summed E-state index contributed by atoms with van der Waals surface area (Å²) < 4.78 is 0. The summed E-state index contributed by atoms with van der Waals surface area (Å²) in [6.45, 7) is 18.4. The van der Waals surface area contributed by atoms with Gasteiger partial charge in [-0.25, -0.2) is 0 Å². The summed E-state index contributed by atoms with van der Waals surface area (Å²) in [5.74, 6) is 0.409. The molecule has 0 spiro atoms. The maximum absolute atomic E-state index is 4.03. The summed E-state index contributed by atoms with van der Waals surface area (Å²) in [7, 11) is 0. The molecule has 3 aliphatic rings. The van der Waals surface area contributed by atoms with Gasteiger partial charge in [0.15, 0.2) is 0 Å². The van der Waals surface area contributed by atoms with E-state index < -0.39 is 0 Å². The van der Waals surface area contributed by atoms with Crippen LogP contribution in [0.15, 0.2) is 145 Å². The van der Waals surface area contributed by atoms with E-state index in [1.807, 2.05) is 13.0 Å². The molecule has 0 N–H and O–H groups in total. The molecule has 44 heavy (non-hydrogen) atoms. The Kier molecular flexibility index (Phi) is 9.55. The highest BCUT2D eigenvalue weighted by atomic mass is 15.1. The Bertz CT molecular complexity index is 1680. The van der Waals surface area contributed by atoms with E-state index in [4.69, 9.17) is 0 Å². The summed E-state index contributed by atoms with van der Waals surface area (Å²) in [5.41, 5.74) is 14.5. The first-order chi connectivity index (χ1) is 21.3. The van der Waals surface area contributed by atoms with E-state index in [1.165, 1.54) is 61.6 Å². The van der Waals surface area contributed by atoms with Crippen molar-refractivity contribution in [2.45, 2.75) is 71.6 Å². The Hall–Kier alpha value is -4.36. The highest BCUT2D eigenvalue weighted by Gasteiger charge is 2.36. The molecule has 0 radical (unpaired) electrons. The molecule has 0 fully saturated rings. The summed E-state index contributed by atoms with van der Waals surface area (Å²) >= 11 is 0. The molecule has 0 bridgehead atoms. The van der Waals surface area contributed by atoms with Gasteiger partial charge in [-0.2, -0.15) is 0 Å². The van der Waals surface area contributed by atoms with E-state index in [9.17, 15) is 0 Å². The van der Waals surface area contributed by atoms with E-state index in [0.29, 0.717) is 5.92 Å². The molecular formula is C43H47N. The normalized spacial score (nSPS) is 17.8. The second kappa shape index (κ2) is 13.5. The van der Waals surface area contributed by atoms with Crippen molar-refractivity contribution in [3.8, 4) is 11.1 Å². The molecule has 0 saturated heterocycles. The average Bonchev–Trinajstić information content (AvgIpc) is 3.27. The third-order valence-corrected chi connectivity index (χ3v) is 9.04. The number of benzene rings is 3. The molecule has 3 aromatic carbocycles. The second-order valence-electron chi connectivity index (χ2n) is 12.5. The van der Waals surface area contributed by atoms with E-state index in [1.54, 1.807) is 6.08 Å². The van der Waals surface area contributed by atoms with Crippen LogP contribution >= 0.6 is 0 Å². The van der Waals surface area contributed by atoms with Crippen molar-refractivity contribution in [2.24, 2.45) is 0 Å². The molecule has 1 nitrogen and oxygen atoms in total. The van der Waals surface area contributed by atoms with Crippen molar-refractivity contribution in [3.63, 3.8) is 0 Å². The third kappa shape index (κ3) is 6.15. The number of hydrogen-bond donors (Lipinski definition) is 0. The number of rotatable bonds is 7. The second-order valence-corrected chi connectivity index (χ2v) is 12.5. The van der Waals surface area contributed by atoms with Gasteiger partial charge in [0.1, 0.15) is 0 Å². The number of hydrogen-bond acceptors (Lipinski definition) is 1. The van der Waals surface area contributed by atoms with Gasteiger partial charge in [-0.15, -0.1) is 6.58 Å². The van der Waals surface area contributed by atoms with Crippen LogP contribution in [0.4, 0.5) is 11.4 Å². The predicted molar refractivity (Wildman–Crippen MR) is 193 cm³/mol. The summed E-state index contributed by atoms with van der Waals surface area (Å²) in [6.07, 6.45) is 24.1. The molecule has 0 saturated carbocycles. The first-order valence-corrected chi connectivity index (χ1v) is 16.1. The van der Waals surface area contributed by atoms with Gasteiger partial charge in [-0.1, -0.05) is 118 Å². The van der Waals surface area contributed by atoms with Gasteiger partial charge in [0.2, 0.25) is 0 Å². The zero-order valence-electron chi connectivity index (χ0n) is 27.2. The van der Waals surface area contributed by atoms with Crippen LogP contribution < -0.4 is 4.90 Å². The largest absolute Gasteiger partial charge is 0.314 e. The summed E-state index contributed by atoms with van der Waals surface area (Å²) in [5, 5.41) is 0.